The highest BCUT2D eigenvalue weighted by atomic mass is 35.5. The molecule has 3 rings (SSSR count). The first-order chi connectivity index (χ1) is 14.2. The number of rotatable bonds is 6. The topological polar surface area (TPSA) is 70.0 Å². The van der Waals surface area contributed by atoms with Gasteiger partial charge in [0.25, 0.3) is 0 Å². The van der Waals surface area contributed by atoms with Gasteiger partial charge in [0.2, 0.25) is 15.9 Å². The molecule has 0 radical (unpaired) electrons. The van der Waals surface area contributed by atoms with E-state index in [-0.39, 0.29) is 21.8 Å². The van der Waals surface area contributed by atoms with Crippen LogP contribution in [-0.2, 0) is 14.8 Å². The van der Waals surface area contributed by atoms with Crippen LogP contribution in [0.5, 0.6) is 0 Å². The van der Waals surface area contributed by atoms with Crippen molar-refractivity contribution in [2.45, 2.75) is 22.0 Å². The maximum Gasteiger partial charge on any atom is 0.242 e. The molecule has 30 heavy (non-hydrogen) atoms. The van der Waals surface area contributed by atoms with E-state index in [1.807, 2.05) is 25.1 Å². The first kappa shape index (κ1) is 23.1. The summed E-state index contributed by atoms with van der Waals surface area (Å²) < 4.78 is 25.9. The molecule has 1 unspecified atom stereocenters. The van der Waals surface area contributed by atoms with E-state index in [2.05, 4.69) is 4.99 Å². The molecular weight excluding hydrogens is 462 g/mol. The van der Waals surface area contributed by atoms with Gasteiger partial charge in [-0.25, -0.2) is 17.7 Å². The molecule has 1 aliphatic rings. The van der Waals surface area contributed by atoms with Gasteiger partial charge in [-0.15, -0.1) is 11.8 Å². The van der Waals surface area contributed by atoms with Crippen molar-refractivity contribution in [2.24, 2.45) is 4.99 Å². The minimum Gasteiger partial charge on any atom is -0.289 e. The van der Waals surface area contributed by atoms with Crippen LogP contribution in [0.15, 0.2) is 63.3 Å². The van der Waals surface area contributed by atoms with Crippen molar-refractivity contribution in [1.82, 2.24) is 9.21 Å². The van der Waals surface area contributed by atoms with Gasteiger partial charge in [-0.3, -0.25) is 9.69 Å². The molecule has 1 saturated heterocycles. The van der Waals surface area contributed by atoms with Gasteiger partial charge >= 0.3 is 0 Å². The zero-order chi connectivity index (χ0) is 21.9. The molecule has 0 aromatic heterocycles. The van der Waals surface area contributed by atoms with E-state index in [4.69, 9.17) is 11.6 Å². The Labute approximate surface area is 190 Å². The van der Waals surface area contributed by atoms with Gasteiger partial charge in [-0.1, -0.05) is 48.5 Å². The average Bonchev–Trinajstić information content (AvgIpc) is 3.07. The van der Waals surface area contributed by atoms with E-state index < -0.39 is 10.0 Å². The molecule has 1 aliphatic heterocycles. The van der Waals surface area contributed by atoms with Crippen LogP contribution < -0.4 is 0 Å². The Morgan fingerprint density at radius 3 is 2.70 bits per heavy atom. The number of hydrogen-bond donors (Lipinski definition) is 0. The number of amides is 1. The van der Waals surface area contributed by atoms with Crippen LogP contribution in [0, 0.1) is 0 Å². The van der Waals surface area contributed by atoms with Crippen molar-refractivity contribution in [2.75, 3.05) is 26.4 Å². The van der Waals surface area contributed by atoms with Crippen LogP contribution in [0.1, 0.15) is 6.92 Å². The minimum atomic E-state index is -3.56. The van der Waals surface area contributed by atoms with E-state index in [0.29, 0.717) is 22.4 Å². The number of nitrogens with zero attached hydrogens (tertiary/aromatic N) is 3. The van der Waals surface area contributed by atoms with Gasteiger partial charge in [-0.2, -0.15) is 0 Å². The molecule has 1 fully saturated rings. The number of sulfonamides is 1. The third-order valence-electron chi connectivity index (χ3n) is 4.29. The van der Waals surface area contributed by atoms with Crippen LogP contribution in [0.3, 0.4) is 0 Å². The summed E-state index contributed by atoms with van der Waals surface area (Å²) in [6, 6.07) is 13.8. The SMILES string of the molecule is CC1CN(C(=O)CSc2ccccc2Cl)C(=Nc2cccc(S(=O)(=O)N(C)C)c2)S1. The number of aliphatic imine (C=N–C) groups is 1. The molecule has 0 aliphatic carbocycles. The zero-order valence-corrected chi connectivity index (χ0v) is 20.0. The molecule has 1 heterocycles. The molecule has 2 aromatic carbocycles. The van der Waals surface area contributed by atoms with Crippen LogP contribution >= 0.6 is 35.1 Å². The van der Waals surface area contributed by atoms with Gasteiger partial charge in [0.1, 0.15) is 0 Å². The molecule has 0 spiro atoms. The fourth-order valence-electron chi connectivity index (χ4n) is 2.73. The molecule has 0 N–H and O–H groups in total. The van der Waals surface area contributed by atoms with Crippen molar-refractivity contribution < 1.29 is 13.2 Å². The number of amidine groups is 1. The molecule has 160 valence electrons. The van der Waals surface area contributed by atoms with Gasteiger partial charge in [-0.05, 0) is 30.3 Å². The lowest BCUT2D eigenvalue weighted by Gasteiger charge is -2.16. The highest BCUT2D eigenvalue weighted by Gasteiger charge is 2.31. The van der Waals surface area contributed by atoms with Crippen LogP contribution in [-0.4, -0.2) is 60.3 Å². The molecular formula is C20H22ClN3O3S3. The first-order valence-corrected chi connectivity index (χ1v) is 12.8. The number of benzene rings is 2. The molecule has 10 heteroatoms. The number of thioether (sulfide) groups is 2. The third kappa shape index (κ3) is 5.39. The fourth-order valence-corrected chi connectivity index (χ4v) is 5.83. The van der Waals surface area contributed by atoms with Crippen molar-refractivity contribution in [1.29, 1.82) is 0 Å². The first-order valence-electron chi connectivity index (χ1n) is 9.14. The molecule has 0 bridgehead atoms. The highest BCUT2D eigenvalue weighted by molar-refractivity contribution is 8.14. The maximum atomic E-state index is 12.9. The summed E-state index contributed by atoms with van der Waals surface area (Å²) >= 11 is 9.06. The number of carbonyl (C=O) groups is 1. The molecule has 0 saturated carbocycles. The standard InChI is InChI=1S/C20H22ClN3O3S3/c1-14-12-24(19(25)13-28-18-10-5-4-9-17(18)21)20(29-14)22-15-7-6-8-16(11-15)30(26,27)23(2)3/h4-11,14H,12-13H2,1-3H3. The van der Waals surface area contributed by atoms with Crippen LogP contribution in [0.4, 0.5) is 5.69 Å². The smallest absolute Gasteiger partial charge is 0.242 e. The molecule has 6 nitrogen and oxygen atoms in total. The second-order valence-corrected chi connectivity index (χ2v) is 11.8. The largest absolute Gasteiger partial charge is 0.289 e. The lowest BCUT2D eigenvalue weighted by molar-refractivity contribution is -0.124. The Morgan fingerprint density at radius 1 is 1.27 bits per heavy atom. The molecule has 2 aromatic rings. The predicted molar refractivity (Wildman–Crippen MR) is 125 cm³/mol. The predicted octanol–water partition coefficient (Wildman–Crippen LogP) is 4.33. The van der Waals surface area contributed by atoms with Crippen molar-refractivity contribution in [3.05, 3.63) is 53.6 Å². The summed E-state index contributed by atoms with van der Waals surface area (Å²) in [6.45, 7) is 2.59. The molecule has 1 atom stereocenters. The second-order valence-electron chi connectivity index (χ2n) is 6.83. The van der Waals surface area contributed by atoms with Gasteiger partial charge in [0.15, 0.2) is 5.17 Å². The van der Waals surface area contributed by atoms with Crippen molar-refractivity contribution in [3.8, 4) is 0 Å². The van der Waals surface area contributed by atoms with E-state index >= 15 is 0 Å². The maximum absolute atomic E-state index is 12.9. The summed E-state index contributed by atoms with van der Waals surface area (Å²) in [5.74, 6) is 0.179. The Bertz CT molecular complexity index is 1070. The summed E-state index contributed by atoms with van der Waals surface area (Å²) in [5.41, 5.74) is 0.492. The van der Waals surface area contributed by atoms with E-state index in [1.54, 1.807) is 23.1 Å². The van der Waals surface area contributed by atoms with Gasteiger partial charge < -0.3 is 0 Å². The Morgan fingerprint density at radius 2 is 2.00 bits per heavy atom. The van der Waals surface area contributed by atoms with E-state index in [9.17, 15) is 13.2 Å². The second kappa shape index (κ2) is 9.74. The van der Waals surface area contributed by atoms with Crippen molar-refractivity contribution >= 4 is 61.9 Å². The molecule has 1 amide bonds. The summed E-state index contributed by atoms with van der Waals surface area (Å²) in [7, 11) is -0.585. The Balaban J connectivity index is 1.80. The Hall–Kier alpha value is -1.52. The highest BCUT2D eigenvalue weighted by Crippen LogP contribution is 2.31. The quantitative estimate of drug-likeness (QED) is 0.572. The van der Waals surface area contributed by atoms with Gasteiger partial charge in [0, 0.05) is 30.8 Å². The van der Waals surface area contributed by atoms with E-state index in [1.165, 1.54) is 49.8 Å². The van der Waals surface area contributed by atoms with Crippen LogP contribution in [0.25, 0.3) is 0 Å². The average molecular weight is 484 g/mol. The van der Waals surface area contributed by atoms with Crippen molar-refractivity contribution in [3.63, 3.8) is 0 Å². The van der Waals surface area contributed by atoms with Gasteiger partial charge in [0.05, 0.1) is 21.4 Å². The number of hydrogen-bond acceptors (Lipinski definition) is 6. The minimum absolute atomic E-state index is 0.0624. The fraction of sp³-hybridized carbons (Fsp3) is 0.300. The number of carbonyl (C=O) groups excluding carboxylic acids is 1. The number of halogens is 1. The zero-order valence-electron chi connectivity index (χ0n) is 16.8. The lowest BCUT2D eigenvalue weighted by Crippen LogP contribution is -2.33. The summed E-state index contributed by atoms with van der Waals surface area (Å²) in [6.07, 6.45) is 0. The normalized spacial score (nSPS) is 18.4. The summed E-state index contributed by atoms with van der Waals surface area (Å²) in [5, 5.41) is 1.39. The third-order valence-corrected chi connectivity index (χ3v) is 8.67. The Kier molecular flexibility index (Phi) is 7.52. The van der Waals surface area contributed by atoms with E-state index in [0.717, 1.165) is 9.20 Å². The monoisotopic (exact) mass is 483 g/mol. The lowest BCUT2D eigenvalue weighted by atomic mass is 10.3. The van der Waals surface area contributed by atoms with Crippen LogP contribution in [0.2, 0.25) is 5.02 Å². The summed E-state index contributed by atoms with van der Waals surface area (Å²) in [4.78, 5) is 20.1.